The Bertz CT molecular complexity index is 451. The molecule has 1 N–H and O–H groups in total. The van der Waals surface area contributed by atoms with Gasteiger partial charge in [0.25, 0.3) is 0 Å². The van der Waals surface area contributed by atoms with Gasteiger partial charge in [-0.3, -0.25) is 0 Å². The molecule has 0 heterocycles. The van der Waals surface area contributed by atoms with E-state index in [2.05, 4.69) is 27.7 Å². The van der Waals surface area contributed by atoms with Crippen LogP contribution in [0.1, 0.15) is 39.4 Å². The third-order valence-corrected chi connectivity index (χ3v) is 5.23. The lowest BCUT2D eigenvalue weighted by molar-refractivity contribution is 0.118. The number of aliphatic hydroxyl groups is 1. The minimum absolute atomic E-state index is 0.145. The van der Waals surface area contributed by atoms with E-state index in [1.807, 2.05) is 24.3 Å². The van der Waals surface area contributed by atoms with Crippen molar-refractivity contribution in [2.75, 3.05) is 20.3 Å². The highest BCUT2D eigenvalue weighted by Crippen LogP contribution is 2.72. The van der Waals surface area contributed by atoms with Gasteiger partial charge in [-0.15, -0.1) is 0 Å². The molecular weight excluding hydrogens is 252 g/mol. The van der Waals surface area contributed by atoms with Crippen molar-refractivity contribution in [1.82, 2.24) is 0 Å². The summed E-state index contributed by atoms with van der Waals surface area (Å²) in [6, 6.07) is 7.75. The van der Waals surface area contributed by atoms with Crippen LogP contribution in [0.4, 0.5) is 0 Å². The van der Waals surface area contributed by atoms with Gasteiger partial charge < -0.3 is 14.6 Å². The largest absolute Gasteiger partial charge is 0.491 e. The van der Waals surface area contributed by atoms with Crippen LogP contribution in [-0.4, -0.2) is 25.4 Å². The van der Waals surface area contributed by atoms with Crippen LogP contribution in [0.5, 0.6) is 5.75 Å². The highest BCUT2D eigenvalue weighted by Gasteiger charge is 2.67. The maximum absolute atomic E-state index is 10.8. The molecule has 0 radical (unpaired) electrons. The second-order valence-corrected chi connectivity index (χ2v) is 6.74. The first-order chi connectivity index (χ1) is 9.34. The quantitative estimate of drug-likeness (QED) is 0.810. The third kappa shape index (κ3) is 2.45. The topological polar surface area (TPSA) is 38.7 Å². The molecule has 0 amide bonds. The molecule has 0 aromatic heterocycles. The van der Waals surface area contributed by atoms with E-state index in [-0.39, 0.29) is 16.7 Å². The number of ether oxygens (including phenoxy) is 2. The molecule has 1 atom stereocenters. The molecule has 1 fully saturated rings. The first-order valence-electron chi connectivity index (χ1n) is 7.22. The van der Waals surface area contributed by atoms with E-state index in [1.165, 1.54) is 0 Å². The number of rotatable bonds is 6. The van der Waals surface area contributed by atoms with Gasteiger partial charge >= 0.3 is 0 Å². The van der Waals surface area contributed by atoms with Crippen LogP contribution in [-0.2, 0) is 4.74 Å². The second-order valence-electron chi connectivity index (χ2n) is 6.74. The summed E-state index contributed by atoms with van der Waals surface area (Å²) in [7, 11) is 1.65. The number of aliphatic hydroxyl groups excluding tert-OH is 1. The molecule has 3 nitrogen and oxygen atoms in total. The normalized spacial score (nSPS) is 21.5. The predicted molar refractivity (Wildman–Crippen MR) is 79.8 cm³/mol. The molecule has 0 aliphatic heterocycles. The lowest BCUT2D eigenvalue weighted by atomic mass is 9.98. The number of methoxy groups -OCH3 is 1. The van der Waals surface area contributed by atoms with Crippen LogP contribution in [0, 0.1) is 16.7 Å². The van der Waals surface area contributed by atoms with Crippen molar-refractivity contribution < 1.29 is 14.6 Å². The maximum Gasteiger partial charge on any atom is 0.125 e. The Morgan fingerprint density at radius 3 is 2.25 bits per heavy atom. The lowest BCUT2D eigenvalue weighted by Gasteiger charge is -2.17. The second kappa shape index (κ2) is 5.38. The van der Waals surface area contributed by atoms with E-state index in [0.29, 0.717) is 13.2 Å². The highest BCUT2D eigenvalue weighted by molar-refractivity contribution is 5.37. The zero-order valence-corrected chi connectivity index (χ0v) is 13.1. The van der Waals surface area contributed by atoms with E-state index in [9.17, 15) is 5.11 Å². The molecule has 1 aliphatic rings. The Hall–Kier alpha value is -1.06. The Labute approximate surface area is 121 Å². The van der Waals surface area contributed by atoms with Crippen LogP contribution >= 0.6 is 0 Å². The molecule has 0 bridgehead atoms. The predicted octanol–water partition coefficient (Wildman–Crippen LogP) is 3.43. The molecule has 1 aliphatic carbocycles. The van der Waals surface area contributed by atoms with Crippen molar-refractivity contribution >= 4 is 0 Å². The zero-order chi connectivity index (χ0) is 15.0. The van der Waals surface area contributed by atoms with Gasteiger partial charge in [0.1, 0.15) is 12.4 Å². The van der Waals surface area contributed by atoms with Crippen molar-refractivity contribution in [2.24, 2.45) is 16.7 Å². The van der Waals surface area contributed by atoms with E-state index < -0.39 is 6.10 Å². The summed E-state index contributed by atoms with van der Waals surface area (Å²) in [6.45, 7) is 9.91. The summed E-state index contributed by atoms with van der Waals surface area (Å²) < 4.78 is 10.7. The average molecular weight is 278 g/mol. The summed E-state index contributed by atoms with van der Waals surface area (Å²) in [5.41, 5.74) is 1.17. The fraction of sp³-hybridized carbons (Fsp3) is 0.647. The molecule has 3 heteroatoms. The minimum atomic E-state index is -0.487. The lowest BCUT2D eigenvalue weighted by Crippen LogP contribution is -2.10. The average Bonchev–Trinajstić information content (AvgIpc) is 2.80. The molecule has 112 valence electrons. The van der Waals surface area contributed by atoms with Crippen LogP contribution < -0.4 is 4.74 Å². The van der Waals surface area contributed by atoms with Crippen LogP contribution in [0.25, 0.3) is 0 Å². The Balaban J connectivity index is 2.17. The van der Waals surface area contributed by atoms with Gasteiger partial charge in [-0.25, -0.2) is 0 Å². The molecule has 20 heavy (non-hydrogen) atoms. The van der Waals surface area contributed by atoms with Crippen molar-refractivity contribution in [3.05, 3.63) is 29.8 Å². The number of para-hydroxylation sites is 1. The van der Waals surface area contributed by atoms with Gasteiger partial charge in [-0.2, -0.15) is 0 Å². The number of benzene rings is 1. The van der Waals surface area contributed by atoms with E-state index in [1.54, 1.807) is 7.11 Å². The summed E-state index contributed by atoms with van der Waals surface area (Å²) in [4.78, 5) is 0. The molecule has 2 rings (SSSR count). The van der Waals surface area contributed by atoms with Gasteiger partial charge in [0, 0.05) is 18.6 Å². The Morgan fingerprint density at radius 2 is 1.70 bits per heavy atom. The van der Waals surface area contributed by atoms with Gasteiger partial charge in [0.05, 0.1) is 12.7 Å². The molecule has 1 aromatic carbocycles. The van der Waals surface area contributed by atoms with Gasteiger partial charge in [0.15, 0.2) is 0 Å². The third-order valence-electron chi connectivity index (χ3n) is 5.23. The molecule has 0 saturated heterocycles. The monoisotopic (exact) mass is 278 g/mol. The van der Waals surface area contributed by atoms with Crippen LogP contribution in [0.3, 0.4) is 0 Å². The fourth-order valence-electron chi connectivity index (χ4n) is 3.31. The van der Waals surface area contributed by atoms with Crippen molar-refractivity contribution in [3.8, 4) is 5.75 Å². The SMILES string of the molecule is COCCOc1ccccc1C(O)C1C(C)(C)C1(C)C. The van der Waals surface area contributed by atoms with Crippen molar-refractivity contribution in [3.63, 3.8) is 0 Å². The summed E-state index contributed by atoms with van der Waals surface area (Å²) >= 11 is 0. The Kier molecular flexibility index (Phi) is 4.12. The van der Waals surface area contributed by atoms with Gasteiger partial charge in [0.2, 0.25) is 0 Å². The fourth-order valence-corrected chi connectivity index (χ4v) is 3.31. The van der Waals surface area contributed by atoms with Crippen LogP contribution in [0.15, 0.2) is 24.3 Å². The Morgan fingerprint density at radius 1 is 1.10 bits per heavy atom. The van der Waals surface area contributed by atoms with Crippen molar-refractivity contribution in [2.45, 2.75) is 33.8 Å². The standard InChI is InChI=1S/C17H26O3/c1-16(2)15(17(16,3)4)14(18)12-8-6-7-9-13(12)20-11-10-19-5/h6-9,14-15,18H,10-11H2,1-5H3. The van der Waals surface area contributed by atoms with Crippen molar-refractivity contribution in [1.29, 1.82) is 0 Å². The number of hydrogen-bond acceptors (Lipinski definition) is 3. The zero-order valence-electron chi connectivity index (χ0n) is 13.1. The van der Waals surface area contributed by atoms with E-state index in [4.69, 9.17) is 9.47 Å². The molecule has 1 unspecified atom stereocenters. The molecular formula is C17H26O3. The van der Waals surface area contributed by atoms with Gasteiger partial charge in [-0.05, 0) is 16.9 Å². The molecule has 1 saturated carbocycles. The van der Waals surface area contributed by atoms with Gasteiger partial charge in [-0.1, -0.05) is 45.9 Å². The first-order valence-corrected chi connectivity index (χ1v) is 7.22. The number of hydrogen-bond donors (Lipinski definition) is 1. The highest BCUT2D eigenvalue weighted by atomic mass is 16.5. The summed E-state index contributed by atoms with van der Waals surface area (Å²) in [5, 5.41) is 10.8. The molecule has 1 aromatic rings. The van der Waals surface area contributed by atoms with E-state index >= 15 is 0 Å². The van der Waals surface area contributed by atoms with Crippen LogP contribution in [0.2, 0.25) is 0 Å². The van der Waals surface area contributed by atoms with E-state index in [0.717, 1.165) is 11.3 Å². The first kappa shape index (κ1) is 15.3. The smallest absolute Gasteiger partial charge is 0.125 e. The minimum Gasteiger partial charge on any atom is -0.491 e. The summed E-state index contributed by atoms with van der Waals surface area (Å²) in [6.07, 6.45) is -0.487. The molecule has 0 spiro atoms. The maximum atomic E-state index is 10.8. The summed E-state index contributed by atoms with van der Waals surface area (Å²) in [5.74, 6) is 1.01.